The fraction of sp³-hybridized carbons (Fsp3) is 0.750. The number of thioether (sulfide) groups is 1. The first-order valence-corrected chi connectivity index (χ1v) is 7.47. The van der Waals surface area contributed by atoms with E-state index in [1.165, 1.54) is 19.3 Å². The van der Waals surface area contributed by atoms with E-state index in [1.807, 2.05) is 11.8 Å². The lowest BCUT2D eigenvalue weighted by molar-refractivity contribution is 0.764. The molecule has 0 aromatic carbocycles. The van der Waals surface area contributed by atoms with Crippen LogP contribution in [0.2, 0.25) is 0 Å². The van der Waals surface area contributed by atoms with E-state index in [2.05, 4.69) is 37.7 Å². The van der Waals surface area contributed by atoms with Crippen molar-refractivity contribution in [2.45, 2.75) is 30.6 Å². The summed E-state index contributed by atoms with van der Waals surface area (Å²) in [6.07, 6.45) is 6.07. The lowest BCUT2D eigenvalue weighted by Crippen LogP contribution is -2.25. The average Bonchev–Trinajstić information content (AvgIpc) is 2.76. The van der Waals surface area contributed by atoms with Crippen LogP contribution >= 0.6 is 39.0 Å². The highest BCUT2D eigenvalue weighted by Crippen LogP contribution is 2.31. The maximum atomic E-state index is 4.05. The molecule has 2 rings (SSSR count). The first-order chi connectivity index (χ1) is 6.79. The Morgan fingerprint density at radius 1 is 1.50 bits per heavy atom. The van der Waals surface area contributed by atoms with E-state index in [4.69, 9.17) is 0 Å². The standard InChI is InChI=1S/C8H12BrN3S2/c1-13-6-4-2-3-5(6)10-8-12-11-7(9)14-8/h5-6H,2-4H2,1H3,(H,10,12). The van der Waals surface area contributed by atoms with Gasteiger partial charge in [0.2, 0.25) is 5.13 Å². The minimum absolute atomic E-state index is 0.574. The van der Waals surface area contributed by atoms with E-state index in [9.17, 15) is 0 Å². The van der Waals surface area contributed by atoms with Crippen LogP contribution < -0.4 is 5.32 Å². The summed E-state index contributed by atoms with van der Waals surface area (Å²) in [5.74, 6) is 0. The van der Waals surface area contributed by atoms with Crippen LogP contribution in [0.25, 0.3) is 0 Å². The lowest BCUT2D eigenvalue weighted by atomic mass is 10.2. The highest BCUT2D eigenvalue weighted by atomic mass is 79.9. The van der Waals surface area contributed by atoms with Gasteiger partial charge in [-0.05, 0) is 35.0 Å². The van der Waals surface area contributed by atoms with Gasteiger partial charge >= 0.3 is 0 Å². The molecule has 1 heterocycles. The van der Waals surface area contributed by atoms with Gasteiger partial charge in [0.15, 0.2) is 3.92 Å². The molecule has 0 radical (unpaired) electrons. The van der Waals surface area contributed by atoms with E-state index in [0.717, 1.165) is 14.3 Å². The van der Waals surface area contributed by atoms with Gasteiger partial charge in [0, 0.05) is 11.3 Å². The summed E-state index contributed by atoms with van der Waals surface area (Å²) in [4.78, 5) is 0. The minimum atomic E-state index is 0.574. The number of halogens is 1. The topological polar surface area (TPSA) is 37.8 Å². The second-order valence-corrected chi connectivity index (χ2v) is 6.65. The number of hydrogen-bond acceptors (Lipinski definition) is 5. The highest BCUT2D eigenvalue weighted by Gasteiger charge is 2.26. The number of nitrogens with one attached hydrogen (secondary N) is 1. The van der Waals surface area contributed by atoms with E-state index in [1.54, 1.807) is 11.3 Å². The van der Waals surface area contributed by atoms with Crippen molar-refractivity contribution in [3.8, 4) is 0 Å². The molecule has 1 saturated carbocycles. The first-order valence-electron chi connectivity index (χ1n) is 4.58. The zero-order chi connectivity index (χ0) is 9.97. The van der Waals surface area contributed by atoms with Crippen molar-refractivity contribution in [2.75, 3.05) is 11.6 Å². The largest absolute Gasteiger partial charge is 0.356 e. The molecular weight excluding hydrogens is 282 g/mol. The van der Waals surface area contributed by atoms with E-state index >= 15 is 0 Å². The second kappa shape index (κ2) is 4.81. The summed E-state index contributed by atoms with van der Waals surface area (Å²) >= 11 is 6.82. The van der Waals surface area contributed by atoms with Gasteiger partial charge in [0.05, 0.1) is 0 Å². The minimum Gasteiger partial charge on any atom is -0.356 e. The van der Waals surface area contributed by atoms with Crippen LogP contribution in [0.1, 0.15) is 19.3 Å². The van der Waals surface area contributed by atoms with Gasteiger partial charge < -0.3 is 5.32 Å². The fourth-order valence-corrected chi connectivity index (χ4v) is 3.80. The highest BCUT2D eigenvalue weighted by molar-refractivity contribution is 9.11. The van der Waals surface area contributed by atoms with Crippen LogP contribution in [0.15, 0.2) is 3.92 Å². The van der Waals surface area contributed by atoms with Crippen molar-refractivity contribution < 1.29 is 0 Å². The van der Waals surface area contributed by atoms with Gasteiger partial charge in [0.25, 0.3) is 0 Å². The number of anilines is 1. The second-order valence-electron chi connectivity index (χ2n) is 3.32. The summed E-state index contributed by atoms with van der Waals surface area (Å²) in [5, 5.41) is 13.1. The van der Waals surface area contributed by atoms with E-state index in [-0.39, 0.29) is 0 Å². The Bertz CT molecular complexity index is 305. The summed E-state index contributed by atoms with van der Waals surface area (Å²) in [7, 11) is 0. The number of nitrogens with zero attached hydrogens (tertiary/aromatic N) is 2. The van der Waals surface area contributed by atoms with Crippen LogP contribution in [-0.2, 0) is 0 Å². The average molecular weight is 294 g/mol. The van der Waals surface area contributed by atoms with Crippen molar-refractivity contribution in [1.82, 2.24) is 10.2 Å². The Morgan fingerprint density at radius 2 is 2.36 bits per heavy atom. The number of aromatic nitrogens is 2. The first kappa shape index (κ1) is 10.7. The van der Waals surface area contributed by atoms with Gasteiger partial charge in [-0.25, -0.2) is 0 Å². The molecule has 1 aliphatic carbocycles. The third-order valence-electron chi connectivity index (χ3n) is 2.46. The smallest absolute Gasteiger partial charge is 0.206 e. The van der Waals surface area contributed by atoms with E-state index in [0.29, 0.717) is 6.04 Å². The van der Waals surface area contributed by atoms with E-state index < -0.39 is 0 Å². The van der Waals surface area contributed by atoms with Crippen LogP contribution in [0.5, 0.6) is 0 Å². The van der Waals surface area contributed by atoms with Crippen molar-refractivity contribution in [2.24, 2.45) is 0 Å². The lowest BCUT2D eigenvalue weighted by Gasteiger charge is -2.17. The summed E-state index contributed by atoms with van der Waals surface area (Å²) in [6, 6.07) is 0.574. The fourth-order valence-electron chi connectivity index (χ4n) is 1.80. The van der Waals surface area contributed by atoms with Crippen LogP contribution in [0.3, 0.4) is 0 Å². The molecule has 0 saturated heterocycles. The Balaban J connectivity index is 1.96. The SMILES string of the molecule is CSC1CCCC1Nc1nnc(Br)s1. The quantitative estimate of drug-likeness (QED) is 0.930. The molecule has 14 heavy (non-hydrogen) atoms. The Hall–Kier alpha value is 0.190. The Morgan fingerprint density at radius 3 is 3.00 bits per heavy atom. The van der Waals surface area contributed by atoms with Gasteiger partial charge in [0.1, 0.15) is 0 Å². The molecular formula is C8H12BrN3S2. The zero-order valence-electron chi connectivity index (χ0n) is 7.86. The molecule has 0 aliphatic heterocycles. The van der Waals surface area contributed by atoms with Crippen molar-refractivity contribution in [3.63, 3.8) is 0 Å². The Labute approximate surface area is 100 Å². The molecule has 78 valence electrons. The Kier molecular flexibility index (Phi) is 3.67. The molecule has 1 aliphatic rings. The molecule has 1 N–H and O–H groups in total. The van der Waals surface area contributed by atoms with Crippen LogP contribution in [0.4, 0.5) is 5.13 Å². The summed E-state index contributed by atoms with van der Waals surface area (Å²) < 4.78 is 0.846. The molecule has 3 nitrogen and oxygen atoms in total. The molecule has 0 bridgehead atoms. The maximum Gasteiger partial charge on any atom is 0.206 e. The predicted octanol–water partition coefficient (Wildman–Crippen LogP) is 3.00. The summed E-state index contributed by atoms with van der Waals surface area (Å²) in [6.45, 7) is 0. The maximum absolute atomic E-state index is 4.05. The third kappa shape index (κ3) is 2.41. The predicted molar refractivity (Wildman–Crippen MR) is 66.2 cm³/mol. The van der Waals surface area contributed by atoms with Crippen molar-refractivity contribution >= 4 is 44.2 Å². The van der Waals surface area contributed by atoms with Gasteiger partial charge in [-0.2, -0.15) is 11.8 Å². The normalized spacial score (nSPS) is 26.7. The molecule has 1 aromatic rings. The summed E-state index contributed by atoms with van der Waals surface area (Å²) in [5.41, 5.74) is 0. The monoisotopic (exact) mass is 293 g/mol. The molecule has 2 unspecified atom stereocenters. The van der Waals surface area contributed by atoms with Crippen LogP contribution in [-0.4, -0.2) is 27.7 Å². The molecule has 1 aromatic heterocycles. The van der Waals surface area contributed by atoms with Crippen LogP contribution in [0, 0.1) is 0 Å². The van der Waals surface area contributed by atoms with Gasteiger partial charge in [-0.1, -0.05) is 17.8 Å². The van der Waals surface area contributed by atoms with Crippen molar-refractivity contribution in [1.29, 1.82) is 0 Å². The molecule has 2 atom stereocenters. The number of rotatable bonds is 3. The van der Waals surface area contributed by atoms with Gasteiger partial charge in [-0.3, -0.25) is 0 Å². The van der Waals surface area contributed by atoms with Gasteiger partial charge in [-0.15, -0.1) is 10.2 Å². The molecule has 1 fully saturated rings. The zero-order valence-corrected chi connectivity index (χ0v) is 11.1. The van der Waals surface area contributed by atoms with Crippen molar-refractivity contribution in [3.05, 3.63) is 3.92 Å². The molecule has 6 heteroatoms. The number of hydrogen-bond donors (Lipinski definition) is 1. The third-order valence-corrected chi connectivity index (χ3v) is 4.92. The molecule has 0 amide bonds. The molecule has 0 spiro atoms.